The summed E-state index contributed by atoms with van der Waals surface area (Å²) in [6.45, 7) is 1.57. The number of hydrogen-bond acceptors (Lipinski definition) is 2. The van der Waals surface area contributed by atoms with Crippen molar-refractivity contribution in [3.05, 3.63) is 23.5 Å². The number of halogens is 1. The first-order valence-corrected chi connectivity index (χ1v) is 3.95. The molecule has 1 N–H and O–H groups in total. The van der Waals surface area contributed by atoms with E-state index in [2.05, 4.69) is 10.6 Å². The summed E-state index contributed by atoms with van der Waals surface area (Å²) in [5, 5.41) is 5.77. The minimum absolute atomic E-state index is 0.165. The maximum atomic E-state index is 13.0. The lowest BCUT2D eigenvalue weighted by atomic mass is 10.1. The molecule has 1 aliphatic heterocycles. The van der Waals surface area contributed by atoms with Crippen LogP contribution in [0.15, 0.2) is 12.1 Å². The lowest BCUT2D eigenvalue weighted by molar-refractivity contribution is -0.135. The summed E-state index contributed by atoms with van der Waals surface area (Å²) in [5.41, 5.74) is 0.930. The normalized spacial score (nSPS) is 14.4. The summed E-state index contributed by atoms with van der Waals surface area (Å²) in [6.07, 6.45) is 0. The molecular formula is C9H6FN2O2. The molecule has 0 atom stereocenters. The molecule has 0 aliphatic carbocycles. The van der Waals surface area contributed by atoms with Gasteiger partial charge in [-0.1, -0.05) is 0 Å². The number of nitrogens with one attached hydrogen (secondary N) is 1. The van der Waals surface area contributed by atoms with Crippen molar-refractivity contribution in [1.29, 1.82) is 0 Å². The van der Waals surface area contributed by atoms with Crippen LogP contribution in [-0.4, -0.2) is 11.8 Å². The van der Waals surface area contributed by atoms with Gasteiger partial charge in [0.25, 0.3) is 0 Å². The van der Waals surface area contributed by atoms with Crippen LogP contribution in [0.3, 0.4) is 0 Å². The van der Waals surface area contributed by atoms with Gasteiger partial charge in [-0.3, -0.25) is 9.59 Å². The number of nitrogens with zero attached hydrogens (tertiary/aromatic N) is 1. The quantitative estimate of drug-likeness (QED) is 0.621. The number of aryl methyl sites for hydroxylation is 1. The maximum absolute atomic E-state index is 13.0. The predicted octanol–water partition coefficient (Wildman–Crippen LogP) is 0.849. The van der Waals surface area contributed by atoms with Crippen molar-refractivity contribution in [3.8, 4) is 0 Å². The van der Waals surface area contributed by atoms with Crippen LogP contribution >= 0.6 is 0 Å². The Labute approximate surface area is 79.1 Å². The molecule has 0 spiro atoms. The minimum Gasteiger partial charge on any atom is -0.316 e. The molecule has 2 amide bonds. The first kappa shape index (κ1) is 8.68. The fourth-order valence-corrected chi connectivity index (χ4v) is 1.20. The van der Waals surface area contributed by atoms with Crippen molar-refractivity contribution in [1.82, 2.24) is 5.32 Å². The number of anilines is 1. The number of fused-ring (bicyclic) bond motifs is 1. The standard InChI is InChI=1S/C9H6FN2O2/c1-4-2-6-7(3-5(4)10)12-9(14)8(13)11-6/h2-3H,1H3,(H,11,13). The largest absolute Gasteiger partial charge is 0.335 e. The number of amides is 2. The van der Waals surface area contributed by atoms with Crippen molar-refractivity contribution < 1.29 is 14.0 Å². The molecule has 4 nitrogen and oxygen atoms in total. The molecule has 0 unspecified atom stereocenters. The molecule has 0 bridgehead atoms. The van der Waals surface area contributed by atoms with E-state index < -0.39 is 17.6 Å². The zero-order valence-electron chi connectivity index (χ0n) is 7.30. The van der Waals surface area contributed by atoms with E-state index in [1.54, 1.807) is 6.92 Å². The first-order valence-electron chi connectivity index (χ1n) is 3.95. The molecule has 1 radical (unpaired) electrons. The summed E-state index contributed by atoms with van der Waals surface area (Å²) in [4.78, 5) is 21.8. The summed E-state index contributed by atoms with van der Waals surface area (Å²) in [7, 11) is 0. The van der Waals surface area contributed by atoms with Crippen LogP contribution in [-0.2, 0) is 9.59 Å². The molecule has 1 heterocycles. The highest BCUT2D eigenvalue weighted by molar-refractivity contribution is 6.42. The molecule has 0 saturated carbocycles. The van der Waals surface area contributed by atoms with Crippen LogP contribution in [0.5, 0.6) is 0 Å². The molecule has 14 heavy (non-hydrogen) atoms. The van der Waals surface area contributed by atoms with E-state index in [0.717, 1.165) is 6.07 Å². The molecule has 1 aromatic carbocycles. The lowest BCUT2D eigenvalue weighted by Gasteiger charge is -2.15. The second-order valence-electron chi connectivity index (χ2n) is 2.99. The van der Waals surface area contributed by atoms with E-state index in [1.807, 2.05) is 0 Å². The molecule has 0 fully saturated rings. The van der Waals surface area contributed by atoms with Crippen LogP contribution < -0.4 is 10.6 Å². The first-order chi connectivity index (χ1) is 6.58. The fraction of sp³-hybridized carbons (Fsp3) is 0.111. The Morgan fingerprint density at radius 3 is 2.79 bits per heavy atom. The lowest BCUT2D eigenvalue weighted by Crippen LogP contribution is -2.33. The van der Waals surface area contributed by atoms with Crippen LogP contribution in [0.1, 0.15) is 5.56 Å². The molecule has 71 valence electrons. The number of carbonyl (C=O) groups is 2. The zero-order chi connectivity index (χ0) is 10.3. The van der Waals surface area contributed by atoms with Crippen LogP contribution in [0.25, 0.3) is 0 Å². The number of rotatable bonds is 0. The van der Waals surface area contributed by atoms with Crippen molar-refractivity contribution >= 4 is 23.2 Å². The van der Waals surface area contributed by atoms with E-state index in [-0.39, 0.29) is 5.69 Å². The highest BCUT2D eigenvalue weighted by Crippen LogP contribution is 2.27. The van der Waals surface area contributed by atoms with Gasteiger partial charge in [-0.15, -0.1) is 0 Å². The highest BCUT2D eigenvalue weighted by atomic mass is 19.1. The van der Waals surface area contributed by atoms with Gasteiger partial charge in [-0.2, -0.15) is 0 Å². The molecule has 0 saturated heterocycles. The minimum atomic E-state index is -0.902. The Balaban J connectivity index is 2.53. The second kappa shape index (κ2) is 2.80. The Kier molecular flexibility index (Phi) is 1.73. The van der Waals surface area contributed by atoms with E-state index in [0.29, 0.717) is 11.3 Å². The van der Waals surface area contributed by atoms with E-state index in [1.165, 1.54) is 6.07 Å². The van der Waals surface area contributed by atoms with E-state index in [4.69, 9.17) is 0 Å². The van der Waals surface area contributed by atoms with Crippen LogP contribution in [0, 0.1) is 12.7 Å². The van der Waals surface area contributed by atoms with Gasteiger partial charge in [0.2, 0.25) is 0 Å². The van der Waals surface area contributed by atoms with Gasteiger partial charge in [0.1, 0.15) is 5.82 Å². The van der Waals surface area contributed by atoms with Gasteiger partial charge >= 0.3 is 11.8 Å². The van der Waals surface area contributed by atoms with Crippen LogP contribution in [0.2, 0.25) is 0 Å². The third-order valence-corrected chi connectivity index (χ3v) is 1.94. The molecule has 5 heteroatoms. The van der Waals surface area contributed by atoms with E-state index in [9.17, 15) is 14.0 Å². The summed E-state index contributed by atoms with van der Waals surface area (Å²) >= 11 is 0. The predicted molar refractivity (Wildman–Crippen MR) is 46.6 cm³/mol. The van der Waals surface area contributed by atoms with Gasteiger partial charge in [-0.05, 0) is 18.6 Å². The Morgan fingerprint density at radius 2 is 2.07 bits per heavy atom. The van der Waals surface area contributed by atoms with Gasteiger partial charge in [0.15, 0.2) is 0 Å². The number of hydrogen-bond donors (Lipinski definition) is 1. The van der Waals surface area contributed by atoms with Gasteiger partial charge in [0, 0.05) is 6.07 Å². The summed E-state index contributed by atoms with van der Waals surface area (Å²) < 4.78 is 13.0. The number of benzene rings is 1. The van der Waals surface area contributed by atoms with Crippen molar-refractivity contribution in [2.75, 3.05) is 5.32 Å². The SMILES string of the molecule is Cc1cc2c(cc1F)[N]C(=O)C(=O)N2. The van der Waals surface area contributed by atoms with Gasteiger partial charge in [0.05, 0.1) is 11.4 Å². The average molecular weight is 193 g/mol. The van der Waals surface area contributed by atoms with Gasteiger partial charge in [-0.25, -0.2) is 9.71 Å². The molecular weight excluding hydrogens is 187 g/mol. The Morgan fingerprint density at radius 1 is 1.36 bits per heavy atom. The summed E-state index contributed by atoms with van der Waals surface area (Å²) in [5.74, 6) is -2.14. The zero-order valence-corrected chi connectivity index (χ0v) is 7.30. The average Bonchev–Trinajstić information content (AvgIpc) is 2.11. The van der Waals surface area contributed by atoms with Crippen molar-refractivity contribution in [2.24, 2.45) is 0 Å². The third kappa shape index (κ3) is 1.22. The maximum Gasteiger partial charge on any atom is 0.335 e. The molecule has 1 aromatic rings. The Hall–Kier alpha value is -1.91. The third-order valence-electron chi connectivity index (χ3n) is 1.94. The van der Waals surface area contributed by atoms with Crippen molar-refractivity contribution in [2.45, 2.75) is 6.92 Å². The highest BCUT2D eigenvalue weighted by Gasteiger charge is 2.25. The topological polar surface area (TPSA) is 60.3 Å². The monoisotopic (exact) mass is 193 g/mol. The van der Waals surface area contributed by atoms with Crippen LogP contribution in [0.4, 0.5) is 15.8 Å². The molecule has 1 aliphatic rings. The second-order valence-corrected chi connectivity index (χ2v) is 2.99. The fourth-order valence-electron chi connectivity index (χ4n) is 1.20. The van der Waals surface area contributed by atoms with Gasteiger partial charge < -0.3 is 5.32 Å². The van der Waals surface area contributed by atoms with Crippen molar-refractivity contribution in [3.63, 3.8) is 0 Å². The number of carbonyl (C=O) groups excluding carboxylic acids is 2. The Bertz CT molecular complexity index is 402. The molecule has 2 rings (SSSR count). The summed E-state index contributed by atoms with van der Waals surface area (Å²) in [6, 6.07) is 2.57. The van der Waals surface area contributed by atoms with E-state index >= 15 is 0 Å². The molecule has 0 aromatic heterocycles. The smallest absolute Gasteiger partial charge is 0.316 e.